The first kappa shape index (κ1) is 16.1. The summed E-state index contributed by atoms with van der Waals surface area (Å²) < 4.78 is 0. The first-order valence-corrected chi connectivity index (χ1v) is 8.00. The van der Waals surface area contributed by atoms with Gasteiger partial charge in [0.2, 0.25) is 0 Å². The van der Waals surface area contributed by atoms with E-state index in [1.54, 1.807) is 13.0 Å². The first-order valence-electron chi connectivity index (χ1n) is 8.00. The van der Waals surface area contributed by atoms with Gasteiger partial charge in [0.1, 0.15) is 0 Å². The number of nitrogens with zero attached hydrogens (tertiary/aromatic N) is 4. The molecule has 8 heteroatoms. The van der Waals surface area contributed by atoms with Crippen LogP contribution in [0.1, 0.15) is 24.0 Å². The molecule has 0 bridgehead atoms. The molecule has 8 nitrogen and oxygen atoms in total. The molecule has 1 aromatic rings. The van der Waals surface area contributed by atoms with Gasteiger partial charge in [0.25, 0.3) is 5.69 Å². The Kier molecular flexibility index (Phi) is 4.25. The van der Waals surface area contributed by atoms with E-state index in [2.05, 4.69) is 10.2 Å². The van der Waals surface area contributed by atoms with Crippen molar-refractivity contribution in [2.45, 2.75) is 25.8 Å². The van der Waals surface area contributed by atoms with Crippen molar-refractivity contribution in [3.63, 3.8) is 0 Å². The number of carbonyl (C=O) groups excluding carboxylic acids is 1. The highest BCUT2D eigenvalue weighted by molar-refractivity contribution is 5.76. The summed E-state index contributed by atoms with van der Waals surface area (Å²) >= 11 is 0. The van der Waals surface area contributed by atoms with Crippen molar-refractivity contribution in [2.75, 3.05) is 31.1 Å². The fourth-order valence-corrected chi connectivity index (χ4v) is 3.53. The van der Waals surface area contributed by atoms with Crippen LogP contribution in [0.3, 0.4) is 0 Å². The second-order valence-electron chi connectivity index (χ2n) is 6.18. The predicted octanol–water partition coefficient (Wildman–Crippen LogP) is 1.77. The van der Waals surface area contributed by atoms with Gasteiger partial charge in [0.05, 0.1) is 28.2 Å². The van der Waals surface area contributed by atoms with Gasteiger partial charge in [-0.25, -0.2) is 4.79 Å². The lowest BCUT2D eigenvalue weighted by atomic mass is 10.0. The van der Waals surface area contributed by atoms with Crippen LogP contribution in [-0.2, 0) is 0 Å². The number of benzene rings is 1. The van der Waals surface area contributed by atoms with E-state index in [-0.39, 0.29) is 23.3 Å². The molecular weight excluding hydrogens is 310 g/mol. The zero-order valence-electron chi connectivity index (χ0n) is 13.5. The largest absolute Gasteiger partial charge is 0.369 e. The number of amides is 2. The number of nitriles is 1. The number of hydrogen-bond donors (Lipinski definition) is 1. The van der Waals surface area contributed by atoms with E-state index in [9.17, 15) is 14.9 Å². The van der Waals surface area contributed by atoms with Gasteiger partial charge < -0.3 is 15.1 Å². The molecule has 1 atom stereocenters. The Morgan fingerprint density at radius 3 is 2.83 bits per heavy atom. The molecule has 2 amide bonds. The summed E-state index contributed by atoms with van der Waals surface area (Å²) in [5, 5.41) is 23.2. The normalized spacial score (nSPS) is 20.7. The van der Waals surface area contributed by atoms with E-state index in [0.717, 1.165) is 19.4 Å². The summed E-state index contributed by atoms with van der Waals surface area (Å²) in [5.74, 6) is 0. The molecule has 2 heterocycles. The minimum Gasteiger partial charge on any atom is -0.369 e. The van der Waals surface area contributed by atoms with Crippen LogP contribution in [0.5, 0.6) is 0 Å². The predicted molar refractivity (Wildman–Crippen MR) is 87.9 cm³/mol. The monoisotopic (exact) mass is 329 g/mol. The molecule has 3 rings (SSSR count). The Morgan fingerprint density at radius 2 is 2.21 bits per heavy atom. The van der Waals surface area contributed by atoms with E-state index in [4.69, 9.17) is 5.26 Å². The number of nitro groups is 1. The van der Waals surface area contributed by atoms with Gasteiger partial charge in [-0.05, 0) is 25.8 Å². The smallest absolute Gasteiger partial charge is 0.317 e. The van der Waals surface area contributed by atoms with Crippen molar-refractivity contribution in [2.24, 2.45) is 0 Å². The summed E-state index contributed by atoms with van der Waals surface area (Å²) in [6.07, 6.45) is 1.82. The van der Waals surface area contributed by atoms with Crippen LogP contribution in [-0.4, -0.2) is 48.1 Å². The lowest BCUT2D eigenvalue weighted by Crippen LogP contribution is -2.49. The highest BCUT2D eigenvalue weighted by atomic mass is 16.6. The molecule has 24 heavy (non-hydrogen) atoms. The fourth-order valence-electron chi connectivity index (χ4n) is 3.53. The summed E-state index contributed by atoms with van der Waals surface area (Å²) in [4.78, 5) is 26.6. The Hall–Kier alpha value is -2.82. The van der Waals surface area contributed by atoms with E-state index < -0.39 is 4.92 Å². The Labute approximate surface area is 139 Å². The third-order valence-electron chi connectivity index (χ3n) is 4.75. The molecule has 0 saturated carbocycles. The maximum Gasteiger partial charge on any atom is 0.317 e. The number of rotatable bonds is 3. The maximum absolute atomic E-state index is 11.9. The molecular formula is C16H19N5O3. The lowest BCUT2D eigenvalue weighted by molar-refractivity contribution is -0.385. The highest BCUT2D eigenvalue weighted by Gasteiger charge is 2.32. The van der Waals surface area contributed by atoms with Gasteiger partial charge in [-0.2, -0.15) is 5.26 Å². The van der Waals surface area contributed by atoms with Crippen molar-refractivity contribution in [3.05, 3.63) is 33.4 Å². The van der Waals surface area contributed by atoms with Crippen LogP contribution in [0.15, 0.2) is 12.1 Å². The molecule has 0 aliphatic carbocycles. The van der Waals surface area contributed by atoms with Crippen molar-refractivity contribution >= 4 is 17.4 Å². The van der Waals surface area contributed by atoms with E-state index >= 15 is 0 Å². The molecule has 0 aromatic heterocycles. The van der Waals surface area contributed by atoms with Gasteiger partial charge >= 0.3 is 6.03 Å². The van der Waals surface area contributed by atoms with E-state index in [1.165, 1.54) is 6.07 Å². The standard InChI is InChI=1S/C16H19N5O3/c1-11-14(7-12(9-17)8-15(11)21(23)24)19-5-2-3-13(10-19)20-6-4-18-16(20)22/h7-8,13H,2-6,10H2,1H3,(H,18,22)/t13-/m0/s1. The van der Waals surface area contributed by atoms with Crippen molar-refractivity contribution in [1.82, 2.24) is 10.2 Å². The molecule has 2 aliphatic heterocycles. The topological polar surface area (TPSA) is 103 Å². The molecule has 2 fully saturated rings. The molecule has 0 radical (unpaired) electrons. The number of hydrogen-bond acceptors (Lipinski definition) is 5. The van der Waals surface area contributed by atoms with Crippen LogP contribution in [0.25, 0.3) is 0 Å². The average molecular weight is 329 g/mol. The van der Waals surface area contributed by atoms with Gasteiger partial charge in [-0.1, -0.05) is 0 Å². The third kappa shape index (κ3) is 2.85. The molecule has 0 unspecified atom stereocenters. The molecule has 2 saturated heterocycles. The zero-order chi connectivity index (χ0) is 17.3. The van der Waals surface area contributed by atoms with E-state index in [0.29, 0.717) is 30.9 Å². The minimum atomic E-state index is -0.449. The number of piperidine rings is 1. The summed E-state index contributed by atoms with van der Waals surface area (Å²) in [6.45, 7) is 4.44. The number of nitrogens with one attached hydrogen (secondary N) is 1. The summed E-state index contributed by atoms with van der Waals surface area (Å²) in [7, 11) is 0. The van der Waals surface area contributed by atoms with Crippen molar-refractivity contribution in [3.8, 4) is 6.07 Å². The van der Waals surface area contributed by atoms with Crippen LogP contribution >= 0.6 is 0 Å². The number of carbonyl (C=O) groups is 1. The molecule has 1 aromatic carbocycles. The number of nitro benzene ring substituents is 1. The summed E-state index contributed by atoms with van der Waals surface area (Å²) in [5.41, 5.74) is 1.52. The molecule has 1 N–H and O–H groups in total. The summed E-state index contributed by atoms with van der Waals surface area (Å²) in [6, 6.07) is 5.06. The Bertz CT molecular complexity index is 727. The van der Waals surface area contributed by atoms with Crippen LogP contribution < -0.4 is 10.2 Å². The van der Waals surface area contributed by atoms with E-state index in [1.807, 2.05) is 11.0 Å². The highest BCUT2D eigenvalue weighted by Crippen LogP contribution is 2.32. The van der Waals surface area contributed by atoms with Crippen molar-refractivity contribution in [1.29, 1.82) is 5.26 Å². The Morgan fingerprint density at radius 1 is 1.42 bits per heavy atom. The van der Waals surface area contributed by atoms with Gasteiger partial charge in [-0.3, -0.25) is 10.1 Å². The van der Waals surface area contributed by atoms with Gasteiger partial charge in [0.15, 0.2) is 0 Å². The molecule has 126 valence electrons. The lowest BCUT2D eigenvalue weighted by Gasteiger charge is -2.38. The second-order valence-corrected chi connectivity index (χ2v) is 6.18. The molecule has 2 aliphatic rings. The number of anilines is 1. The maximum atomic E-state index is 11.9. The van der Waals surface area contributed by atoms with Gasteiger partial charge in [-0.15, -0.1) is 0 Å². The fraction of sp³-hybridized carbons (Fsp3) is 0.500. The Balaban J connectivity index is 1.90. The average Bonchev–Trinajstić information content (AvgIpc) is 3.01. The van der Waals surface area contributed by atoms with Crippen LogP contribution in [0.4, 0.5) is 16.2 Å². The van der Waals surface area contributed by atoms with Crippen LogP contribution in [0, 0.1) is 28.4 Å². The molecule has 0 spiro atoms. The second kappa shape index (κ2) is 6.35. The van der Waals surface area contributed by atoms with Crippen molar-refractivity contribution < 1.29 is 9.72 Å². The SMILES string of the molecule is Cc1c(N2CCC[C@H](N3CCNC3=O)C2)cc(C#N)cc1[N+](=O)[O-]. The van der Waals surface area contributed by atoms with Crippen LogP contribution in [0.2, 0.25) is 0 Å². The number of urea groups is 1. The van der Waals surface area contributed by atoms with Gasteiger partial charge in [0, 0.05) is 37.9 Å². The first-order chi connectivity index (χ1) is 11.5. The third-order valence-corrected chi connectivity index (χ3v) is 4.75. The quantitative estimate of drug-likeness (QED) is 0.672. The zero-order valence-corrected chi connectivity index (χ0v) is 13.5. The minimum absolute atomic E-state index is 0.0370.